The van der Waals surface area contributed by atoms with Crippen LogP contribution in [0.15, 0.2) is 48.5 Å². The fourth-order valence-electron chi connectivity index (χ4n) is 3.75. The lowest BCUT2D eigenvalue weighted by atomic mass is 10.2. The third-order valence-electron chi connectivity index (χ3n) is 5.34. The summed E-state index contributed by atoms with van der Waals surface area (Å²) in [5.74, 6) is 0.547. The Kier molecular flexibility index (Phi) is 6.54. The van der Waals surface area contributed by atoms with Crippen molar-refractivity contribution in [3.05, 3.63) is 54.1 Å². The topological polar surface area (TPSA) is 92.3 Å². The standard InChI is InChI=1S/C25H28N4O3/c1-3-5-6-9-16-32-25(30)21-22-24(28-20-11-8-7-10-19(20)27-22)29(23(21)26)17-12-14-18(15-13-17)31-4-2/h7-8,10-15H,3-6,9,16,26H2,1-2H3. The van der Waals surface area contributed by atoms with Crippen molar-refractivity contribution in [2.45, 2.75) is 39.5 Å². The van der Waals surface area contributed by atoms with E-state index < -0.39 is 5.97 Å². The van der Waals surface area contributed by atoms with Gasteiger partial charge in [-0.25, -0.2) is 14.8 Å². The number of unbranched alkanes of at least 4 members (excludes halogenated alkanes) is 3. The second-order valence-corrected chi connectivity index (χ2v) is 7.60. The Morgan fingerprint density at radius 1 is 0.969 bits per heavy atom. The van der Waals surface area contributed by atoms with Gasteiger partial charge in [0.2, 0.25) is 0 Å². The fourth-order valence-corrected chi connectivity index (χ4v) is 3.75. The van der Waals surface area contributed by atoms with Crippen LogP contribution in [0.5, 0.6) is 5.75 Å². The second-order valence-electron chi connectivity index (χ2n) is 7.60. The molecule has 0 saturated carbocycles. The summed E-state index contributed by atoms with van der Waals surface area (Å²) in [6, 6.07) is 15.1. The molecule has 4 aromatic rings. The van der Waals surface area contributed by atoms with Gasteiger partial charge < -0.3 is 15.2 Å². The molecule has 0 spiro atoms. The molecule has 166 valence electrons. The number of aromatic nitrogens is 3. The lowest BCUT2D eigenvalue weighted by Gasteiger charge is -2.09. The van der Waals surface area contributed by atoms with Crippen molar-refractivity contribution in [2.75, 3.05) is 18.9 Å². The largest absolute Gasteiger partial charge is 0.494 e. The number of fused-ring (bicyclic) bond motifs is 2. The summed E-state index contributed by atoms with van der Waals surface area (Å²) in [5.41, 5.74) is 9.91. The molecule has 32 heavy (non-hydrogen) atoms. The van der Waals surface area contributed by atoms with Gasteiger partial charge in [-0.15, -0.1) is 0 Å². The zero-order chi connectivity index (χ0) is 22.5. The number of rotatable bonds is 9. The number of benzene rings is 2. The number of nitrogens with zero attached hydrogens (tertiary/aromatic N) is 3. The zero-order valence-corrected chi connectivity index (χ0v) is 18.5. The average molecular weight is 433 g/mol. The van der Waals surface area contributed by atoms with E-state index in [-0.39, 0.29) is 11.4 Å². The van der Waals surface area contributed by atoms with Gasteiger partial charge in [-0.2, -0.15) is 0 Å². The third-order valence-corrected chi connectivity index (χ3v) is 5.34. The normalized spacial score (nSPS) is 11.2. The van der Waals surface area contributed by atoms with Gasteiger partial charge in [0.25, 0.3) is 0 Å². The number of anilines is 1. The molecule has 0 bridgehead atoms. The average Bonchev–Trinajstić information content (AvgIpc) is 3.08. The van der Waals surface area contributed by atoms with Crippen molar-refractivity contribution < 1.29 is 14.3 Å². The maximum absolute atomic E-state index is 13.0. The number of hydrogen-bond donors (Lipinski definition) is 1. The van der Waals surface area contributed by atoms with Crippen molar-refractivity contribution in [1.29, 1.82) is 0 Å². The zero-order valence-electron chi connectivity index (χ0n) is 18.5. The summed E-state index contributed by atoms with van der Waals surface area (Å²) in [5, 5.41) is 0. The van der Waals surface area contributed by atoms with E-state index in [1.54, 1.807) is 4.57 Å². The first-order chi connectivity index (χ1) is 15.6. The van der Waals surface area contributed by atoms with Crippen LogP contribution in [-0.2, 0) is 4.74 Å². The van der Waals surface area contributed by atoms with E-state index in [1.165, 1.54) is 0 Å². The van der Waals surface area contributed by atoms with Crippen LogP contribution >= 0.6 is 0 Å². The van der Waals surface area contributed by atoms with E-state index >= 15 is 0 Å². The lowest BCUT2D eigenvalue weighted by Crippen LogP contribution is -2.10. The molecule has 2 aromatic carbocycles. The monoisotopic (exact) mass is 432 g/mol. The van der Waals surface area contributed by atoms with Crippen molar-refractivity contribution in [3.63, 3.8) is 0 Å². The highest BCUT2D eigenvalue weighted by Crippen LogP contribution is 2.32. The first-order valence-corrected chi connectivity index (χ1v) is 11.1. The van der Waals surface area contributed by atoms with Crippen molar-refractivity contribution in [3.8, 4) is 11.4 Å². The van der Waals surface area contributed by atoms with Crippen LogP contribution in [-0.4, -0.2) is 33.7 Å². The van der Waals surface area contributed by atoms with Gasteiger partial charge >= 0.3 is 5.97 Å². The van der Waals surface area contributed by atoms with E-state index in [9.17, 15) is 4.79 Å². The van der Waals surface area contributed by atoms with Gasteiger partial charge in [0.1, 0.15) is 22.6 Å². The molecular weight excluding hydrogens is 404 g/mol. The van der Waals surface area contributed by atoms with Crippen LogP contribution < -0.4 is 10.5 Å². The predicted octanol–water partition coefficient (Wildman–Crippen LogP) is 5.29. The summed E-state index contributed by atoms with van der Waals surface area (Å²) in [7, 11) is 0. The number of nitrogens with two attached hydrogens (primary N) is 1. The van der Waals surface area contributed by atoms with Crippen LogP contribution in [0.3, 0.4) is 0 Å². The molecule has 7 heteroatoms. The summed E-state index contributed by atoms with van der Waals surface area (Å²) in [6.45, 7) is 5.02. The molecule has 0 aliphatic heterocycles. The quantitative estimate of drug-likeness (QED) is 0.285. The van der Waals surface area contributed by atoms with Crippen LogP contribution in [0.2, 0.25) is 0 Å². The third kappa shape index (κ3) is 4.23. The molecule has 0 unspecified atom stereocenters. The van der Waals surface area contributed by atoms with Crippen LogP contribution in [0, 0.1) is 0 Å². The number of carbonyl (C=O) groups is 1. The number of esters is 1. The Hall–Kier alpha value is -3.61. The Bertz CT molecular complexity index is 1230. The van der Waals surface area contributed by atoms with Crippen molar-refractivity contribution in [1.82, 2.24) is 14.5 Å². The Morgan fingerprint density at radius 2 is 1.69 bits per heavy atom. The molecule has 0 aliphatic rings. The van der Waals surface area contributed by atoms with Gasteiger partial charge in [-0.05, 0) is 49.7 Å². The smallest absolute Gasteiger partial charge is 0.344 e. The van der Waals surface area contributed by atoms with Gasteiger partial charge in [-0.3, -0.25) is 4.57 Å². The number of carbonyl (C=O) groups excluding carboxylic acids is 1. The molecule has 2 heterocycles. The van der Waals surface area contributed by atoms with Gasteiger partial charge in [0, 0.05) is 5.69 Å². The van der Waals surface area contributed by atoms with Crippen LogP contribution in [0.4, 0.5) is 5.82 Å². The molecule has 2 aromatic heterocycles. The molecule has 7 nitrogen and oxygen atoms in total. The minimum Gasteiger partial charge on any atom is -0.494 e. The molecule has 0 aliphatic carbocycles. The second kappa shape index (κ2) is 9.68. The van der Waals surface area contributed by atoms with E-state index in [4.69, 9.17) is 25.2 Å². The lowest BCUT2D eigenvalue weighted by molar-refractivity contribution is 0.0501. The van der Waals surface area contributed by atoms with E-state index in [2.05, 4.69) is 6.92 Å². The molecule has 0 amide bonds. The summed E-state index contributed by atoms with van der Waals surface area (Å²) >= 11 is 0. The highest BCUT2D eigenvalue weighted by atomic mass is 16.5. The van der Waals surface area contributed by atoms with Crippen molar-refractivity contribution in [2.24, 2.45) is 0 Å². The van der Waals surface area contributed by atoms with Crippen LogP contribution in [0.1, 0.15) is 49.9 Å². The van der Waals surface area contributed by atoms with Gasteiger partial charge in [0.05, 0.1) is 24.2 Å². The van der Waals surface area contributed by atoms with E-state index in [0.29, 0.717) is 29.9 Å². The molecule has 2 N–H and O–H groups in total. The minimum atomic E-state index is -0.474. The Labute approximate surface area is 187 Å². The first kappa shape index (κ1) is 21.6. The van der Waals surface area contributed by atoms with Crippen molar-refractivity contribution >= 4 is 34.0 Å². The first-order valence-electron chi connectivity index (χ1n) is 11.1. The highest BCUT2D eigenvalue weighted by molar-refractivity contribution is 6.09. The summed E-state index contributed by atoms with van der Waals surface area (Å²) in [4.78, 5) is 22.5. The SMILES string of the molecule is CCCCCCOC(=O)c1c(N)n(-c2ccc(OCC)cc2)c2nc3ccccc3nc12. The van der Waals surface area contributed by atoms with Gasteiger partial charge in [-0.1, -0.05) is 38.3 Å². The Balaban J connectivity index is 1.79. The number of para-hydroxylation sites is 2. The maximum Gasteiger partial charge on any atom is 0.344 e. The van der Waals surface area contributed by atoms with Gasteiger partial charge in [0.15, 0.2) is 5.65 Å². The number of ether oxygens (including phenoxy) is 2. The van der Waals surface area contributed by atoms with E-state index in [0.717, 1.165) is 42.6 Å². The summed E-state index contributed by atoms with van der Waals surface area (Å²) in [6.07, 6.45) is 4.09. The minimum absolute atomic E-state index is 0.252. The van der Waals surface area contributed by atoms with Crippen LogP contribution in [0.25, 0.3) is 27.9 Å². The molecule has 0 radical (unpaired) electrons. The summed E-state index contributed by atoms with van der Waals surface area (Å²) < 4.78 is 12.8. The van der Waals surface area contributed by atoms with E-state index in [1.807, 2.05) is 55.5 Å². The molecule has 0 fully saturated rings. The number of hydrogen-bond acceptors (Lipinski definition) is 6. The molecule has 0 atom stereocenters. The molecule has 4 rings (SSSR count). The molecular formula is C25H28N4O3. The maximum atomic E-state index is 13.0. The predicted molar refractivity (Wildman–Crippen MR) is 126 cm³/mol. The fraction of sp³-hybridized carbons (Fsp3) is 0.320. The highest BCUT2D eigenvalue weighted by Gasteiger charge is 2.26. The number of nitrogen functional groups attached to an aromatic ring is 1. The Morgan fingerprint density at radius 3 is 2.38 bits per heavy atom. The molecule has 0 saturated heterocycles.